The maximum atomic E-state index is 11.8. The highest BCUT2D eigenvalue weighted by atomic mass is 16.5. The second-order valence-corrected chi connectivity index (χ2v) is 7.41. The van der Waals surface area contributed by atoms with Gasteiger partial charge in [0.25, 0.3) is 0 Å². The summed E-state index contributed by atoms with van der Waals surface area (Å²) in [4.78, 5) is 21.2. The van der Waals surface area contributed by atoms with Gasteiger partial charge in [0.1, 0.15) is 0 Å². The van der Waals surface area contributed by atoms with Crippen molar-refractivity contribution in [3.63, 3.8) is 0 Å². The molecule has 0 aromatic carbocycles. The number of nitrogens with two attached hydrogens (primary N) is 1. The van der Waals surface area contributed by atoms with Gasteiger partial charge in [0, 0.05) is 31.7 Å². The standard InChI is InChI=1S/C19H27N5O3/c1-3-17(25)21-16-9-15(20)19(26-2)22-18(16)23-6-4-12(5-7-23)24-10-14-8-13(24)11-27-14/h3,9,12-14H,1,4-8,10-11,20H2,2H3,(H,21,25)/t13-,14-/m0/s1. The number of carbonyl (C=O) groups excluding carboxylic acids is 1. The van der Waals surface area contributed by atoms with Gasteiger partial charge in [0.15, 0.2) is 5.82 Å². The Kier molecular flexibility index (Phi) is 4.92. The average Bonchev–Trinajstić information content (AvgIpc) is 3.32. The van der Waals surface area contributed by atoms with E-state index in [1.807, 2.05) is 0 Å². The van der Waals surface area contributed by atoms with E-state index in [2.05, 4.69) is 26.7 Å². The number of nitrogen functional groups attached to an aromatic ring is 1. The summed E-state index contributed by atoms with van der Waals surface area (Å²) in [6, 6.07) is 2.87. The molecule has 8 heteroatoms. The second kappa shape index (κ2) is 7.36. The lowest BCUT2D eigenvalue weighted by Gasteiger charge is -2.41. The van der Waals surface area contributed by atoms with E-state index in [0.29, 0.717) is 41.3 Å². The summed E-state index contributed by atoms with van der Waals surface area (Å²) >= 11 is 0. The van der Waals surface area contributed by atoms with Crippen LogP contribution in [0.4, 0.5) is 17.2 Å². The van der Waals surface area contributed by atoms with Gasteiger partial charge in [-0.25, -0.2) is 0 Å². The highest BCUT2D eigenvalue weighted by Crippen LogP contribution is 2.36. The number of anilines is 3. The maximum Gasteiger partial charge on any atom is 0.247 e. The number of fused-ring (bicyclic) bond motifs is 2. The van der Waals surface area contributed by atoms with Gasteiger partial charge >= 0.3 is 0 Å². The summed E-state index contributed by atoms with van der Waals surface area (Å²) < 4.78 is 11.0. The lowest BCUT2D eigenvalue weighted by molar-refractivity contribution is -0.111. The molecule has 2 bridgehead atoms. The van der Waals surface area contributed by atoms with E-state index < -0.39 is 0 Å². The third kappa shape index (κ3) is 3.46. The zero-order valence-electron chi connectivity index (χ0n) is 15.7. The van der Waals surface area contributed by atoms with Crippen molar-refractivity contribution in [2.45, 2.75) is 37.5 Å². The van der Waals surface area contributed by atoms with Crippen LogP contribution < -0.4 is 20.7 Å². The van der Waals surface area contributed by atoms with E-state index in [1.165, 1.54) is 12.5 Å². The fourth-order valence-electron chi connectivity index (χ4n) is 4.47. The smallest absolute Gasteiger partial charge is 0.247 e. The first-order valence-electron chi connectivity index (χ1n) is 9.49. The van der Waals surface area contributed by atoms with Crippen molar-refractivity contribution in [1.82, 2.24) is 9.88 Å². The SMILES string of the molecule is C=CC(=O)Nc1cc(N)c(OC)nc1N1CCC(N2C[C@@H]3C[C@H]2CO3)CC1. The fourth-order valence-corrected chi connectivity index (χ4v) is 4.47. The fraction of sp³-hybridized carbons (Fsp3) is 0.579. The molecule has 146 valence electrons. The minimum Gasteiger partial charge on any atom is -0.479 e. The van der Waals surface area contributed by atoms with Gasteiger partial charge in [0.2, 0.25) is 11.8 Å². The number of amides is 1. The first-order chi connectivity index (χ1) is 13.1. The molecule has 0 spiro atoms. The van der Waals surface area contributed by atoms with E-state index in [9.17, 15) is 4.79 Å². The molecular formula is C19H27N5O3. The molecule has 3 N–H and O–H groups in total. The number of ether oxygens (including phenoxy) is 2. The summed E-state index contributed by atoms with van der Waals surface area (Å²) in [6.07, 6.45) is 4.96. The van der Waals surface area contributed by atoms with Gasteiger partial charge in [-0.05, 0) is 31.4 Å². The predicted molar refractivity (Wildman–Crippen MR) is 104 cm³/mol. The van der Waals surface area contributed by atoms with Crippen LogP contribution in [0.2, 0.25) is 0 Å². The molecule has 3 fully saturated rings. The highest BCUT2D eigenvalue weighted by molar-refractivity contribution is 6.01. The van der Waals surface area contributed by atoms with Crippen molar-refractivity contribution in [2.75, 3.05) is 49.3 Å². The van der Waals surface area contributed by atoms with E-state index in [-0.39, 0.29) is 5.91 Å². The summed E-state index contributed by atoms with van der Waals surface area (Å²) in [5.74, 6) is 0.782. The van der Waals surface area contributed by atoms with Gasteiger partial charge in [-0.2, -0.15) is 4.98 Å². The molecule has 1 aromatic heterocycles. The first-order valence-corrected chi connectivity index (χ1v) is 9.49. The molecule has 2 atom stereocenters. The molecule has 1 aromatic rings. The Bertz CT molecular complexity index is 732. The van der Waals surface area contributed by atoms with Crippen LogP contribution in [0.1, 0.15) is 19.3 Å². The molecule has 0 unspecified atom stereocenters. The molecule has 0 aliphatic carbocycles. The van der Waals surface area contributed by atoms with Gasteiger partial charge < -0.3 is 25.4 Å². The molecule has 27 heavy (non-hydrogen) atoms. The number of aromatic nitrogens is 1. The van der Waals surface area contributed by atoms with Crippen LogP contribution in [0.25, 0.3) is 0 Å². The summed E-state index contributed by atoms with van der Waals surface area (Å²) in [6.45, 7) is 7.19. The minimum atomic E-state index is -0.286. The average molecular weight is 373 g/mol. The van der Waals surface area contributed by atoms with E-state index in [0.717, 1.165) is 39.1 Å². The lowest BCUT2D eigenvalue weighted by Crippen LogP contribution is -2.49. The quantitative estimate of drug-likeness (QED) is 0.750. The molecule has 4 heterocycles. The van der Waals surface area contributed by atoms with E-state index in [1.54, 1.807) is 13.2 Å². The lowest BCUT2D eigenvalue weighted by atomic mass is 10.0. The number of likely N-dealkylation sites (tertiary alicyclic amines) is 1. The minimum absolute atomic E-state index is 0.286. The predicted octanol–water partition coefficient (Wildman–Crippen LogP) is 1.24. The van der Waals surface area contributed by atoms with Gasteiger partial charge in [-0.15, -0.1) is 0 Å². The maximum absolute atomic E-state index is 11.8. The monoisotopic (exact) mass is 373 g/mol. The van der Waals surface area contributed by atoms with Crippen LogP contribution in [-0.2, 0) is 9.53 Å². The van der Waals surface area contributed by atoms with Crippen molar-refractivity contribution >= 4 is 23.1 Å². The third-order valence-corrected chi connectivity index (χ3v) is 5.81. The van der Waals surface area contributed by atoms with Crippen LogP contribution in [0, 0.1) is 0 Å². The number of nitrogens with one attached hydrogen (secondary N) is 1. The second-order valence-electron chi connectivity index (χ2n) is 7.41. The number of hydrogen-bond acceptors (Lipinski definition) is 7. The van der Waals surface area contributed by atoms with E-state index in [4.69, 9.17) is 15.2 Å². The number of morpholine rings is 1. The topological polar surface area (TPSA) is 93.0 Å². The number of nitrogens with zero attached hydrogens (tertiary/aromatic N) is 3. The van der Waals surface area contributed by atoms with Crippen LogP contribution in [0.15, 0.2) is 18.7 Å². The number of piperidine rings is 1. The number of carbonyl (C=O) groups is 1. The van der Waals surface area contributed by atoms with Crippen molar-refractivity contribution in [3.8, 4) is 5.88 Å². The van der Waals surface area contributed by atoms with Gasteiger partial charge in [-0.1, -0.05) is 6.58 Å². The molecule has 8 nitrogen and oxygen atoms in total. The Labute approximate surface area is 159 Å². The van der Waals surface area contributed by atoms with Crippen LogP contribution in [-0.4, -0.2) is 67.3 Å². The molecule has 3 aliphatic rings. The number of hydrogen-bond donors (Lipinski definition) is 2. The molecule has 0 radical (unpaired) electrons. The van der Waals surface area contributed by atoms with Crippen LogP contribution in [0.5, 0.6) is 5.88 Å². The van der Waals surface area contributed by atoms with Crippen molar-refractivity contribution in [3.05, 3.63) is 18.7 Å². The van der Waals surface area contributed by atoms with Crippen molar-refractivity contribution < 1.29 is 14.3 Å². The summed E-state index contributed by atoms with van der Waals surface area (Å²) in [5.41, 5.74) is 6.97. The van der Waals surface area contributed by atoms with Gasteiger partial charge in [0.05, 0.1) is 31.2 Å². The Morgan fingerprint density at radius 1 is 1.44 bits per heavy atom. The molecule has 1 amide bonds. The van der Waals surface area contributed by atoms with Crippen molar-refractivity contribution in [1.29, 1.82) is 0 Å². The third-order valence-electron chi connectivity index (χ3n) is 5.81. The normalized spacial score (nSPS) is 25.6. The number of methoxy groups -OCH3 is 1. The first kappa shape index (κ1) is 18.1. The zero-order chi connectivity index (χ0) is 19.0. The van der Waals surface area contributed by atoms with Crippen molar-refractivity contribution in [2.24, 2.45) is 0 Å². The Morgan fingerprint density at radius 3 is 2.81 bits per heavy atom. The van der Waals surface area contributed by atoms with E-state index >= 15 is 0 Å². The van der Waals surface area contributed by atoms with Crippen LogP contribution >= 0.6 is 0 Å². The van der Waals surface area contributed by atoms with Crippen LogP contribution in [0.3, 0.4) is 0 Å². The largest absolute Gasteiger partial charge is 0.479 e. The number of pyridine rings is 1. The zero-order valence-corrected chi connectivity index (χ0v) is 15.7. The molecule has 3 aliphatic heterocycles. The Morgan fingerprint density at radius 2 is 2.22 bits per heavy atom. The molecular weight excluding hydrogens is 346 g/mol. The molecule has 0 saturated carbocycles. The summed E-state index contributed by atoms with van der Waals surface area (Å²) in [5, 5.41) is 2.81. The summed E-state index contributed by atoms with van der Waals surface area (Å²) in [7, 11) is 1.54. The Balaban J connectivity index is 1.49. The molecule has 3 saturated heterocycles. The van der Waals surface area contributed by atoms with Gasteiger partial charge in [-0.3, -0.25) is 9.69 Å². The number of rotatable bonds is 5. The molecule has 4 rings (SSSR count). The Hall–Kier alpha value is -2.32. The highest BCUT2D eigenvalue weighted by Gasteiger charge is 2.42.